The van der Waals surface area contributed by atoms with E-state index in [1.165, 1.54) is 11.3 Å². The molecule has 0 aliphatic heterocycles. The van der Waals surface area contributed by atoms with Gasteiger partial charge in [0.25, 0.3) is 11.8 Å². The van der Waals surface area contributed by atoms with E-state index in [2.05, 4.69) is 5.32 Å². The fourth-order valence-electron chi connectivity index (χ4n) is 3.24. The van der Waals surface area contributed by atoms with Crippen LogP contribution in [-0.2, 0) is 16.1 Å². The number of hydrogen-bond donors (Lipinski definition) is 2. The molecular formula is C23H29N4O2S+. The summed E-state index contributed by atoms with van der Waals surface area (Å²) in [4.78, 5) is 32.6. The van der Waals surface area contributed by atoms with Gasteiger partial charge < -0.3 is 10.2 Å². The third kappa shape index (κ3) is 5.64. The Hall–Kier alpha value is -2.77. The van der Waals surface area contributed by atoms with E-state index >= 15 is 0 Å². The van der Waals surface area contributed by atoms with E-state index in [-0.39, 0.29) is 24.9 Å². The van der Waals surface area contributed by atoms with Crippen LogP contribution in [0.4, 0.5) is 5.13 Å². The van der Waals surface area contributed by atoms with Gasteiger partial charge in [-0.25, -0.2) is 4.98 Å². The highest BCUT2D eigenvalue weighted by molar-refractivity contribution is 7.22. The van der Waals surface area contributed by atoms with E-state index in [0.717, 1.165) is 32.7 Å². The van der Waals surface area contributed by atoms with Gasteiger partial charge in [-0.15, -0.1) is 0 Å². The lowest BCUT2D eigenvalue weighted by molar-refractivity contribution is -0.862. The zero-order valence-electron chi connectivity index (χ0n) is 17.8. The highest BCUT2D eigenvalue weighted by Gasteiger charge is 2.24. The average Bonchev–Trinajstić information content (AvgIpc) is 3.16. The summed E-state index contributed by atoms with van der Waals surface area (Å²) in [7, 11) is 1.87. The largest absolute Gasteiger partial charge is 0.351 e. The number of para-hydroxylation sites is 1. The Morgan fingerprint density at radius 1 is 1.10 bits per heavy atom. The molecule has 0 radical (unpaired) electrons. The summed E-state index contributed by atoms with van der Waals surface area (Å²) in [6.45, 7) is 5.65. The fourth-order valence-corrected chi connectivity index (χ4v) is 4.30. The summed E-state index contributed by atoms with van der Waals surface area (Å²) in [6, 6.07) is 16.0. The van der Waals surface area contributed by atoms with Gasteiger partial charge in [0.2, 0.25) is 0 Å². The van der Waals surface area contributed by atoms with E-state index in [1.54, 1.807) is 4.90 Å². The summed E-state index contributed by atoms with van der Waals surface area (Å²) >= 11 is 1.52. The number of rotatable bonds is 9. The van der Waals surface area contributed by atoms with Crippen LogP contribution in [0.25, 0.3) is 10.2 Å². The summed E-state index contributed by atoms with van der Waals surface area (Å²) in [5.74, 6) is -0.0799. The highest BCUT2D eigenvalue weighted by Crippen LogP contribution is 2.31. The molecular weight excluding hydrogens is 396 g/mol. The maximum absolute atomic E-state index is 13.3. The van der Waals surface area contributed by atoms with Crippen LogP contribution in [0, 0.1) is 6.92 Å². The summed E-state index contributed by atoms with van der Waals surface area (Å²) in [5.41, 5.74) is 3.07. The number of fused-ring (bicyclic) bond motifs is 1. The van der Waals surface area contributed by atoms with Crippen molar-refractivity contribution in [3.63, 3.8) is 0 Å². The number of carbonyl (C=O) groups excluding carboxylic acids is 2. The van der Waals surface area contributed by atoms with Crippen LogP contribution in [0.3, 0.4) is 0 Å². The van der Waals surface area contributed by atoms with E-state index in [4.69, 9.17) is 4.98 Å². The van der Waals surface area contributed by atoms with Gasteiger partial charge in [0.15, 0.2) is 18.2 Å². The molecule has 1 unspecified atom stereocenters. The second kappa shape index (κ2) is 10.3. The summed E-state index contributed by atoms with van der Waals surface area (Å²) in [5, 5.41) is 3.56. The second-order valence-corrected chi connectivity index (χ2v) is 8.55. The molecule has 6 nitrogen and oxygen atoms in total. The molecule has 1 heterocycles. The number of nitrogens with one attached hydrogen (secondary N) is 2. The first-order valence-electron chi connectivity index (χ1n) is 10.3. The van der Waals surface area contributed by atoms with Crippen molar-refractivity contribution in [2.45, 2.75) is 26.8 Å². The first-order valence-corrected chi connectivity index (χ1v) is 11.1. The predicted octanol–water partition coefficient (Wildman–Crippen LogP) is 2.18. The van der Waals surface area contributed by atoms with Crippen molar-refractivity contribution in [3.05, 3.63) is 59.7 Å². The number of aromatic nitrogens is 1. The van der Waals surface area contributed by atoms with Gasteiger partial charge >= 0.3 is 0 Å². The van der Waals surface area contributed by atoms with E-state index < -0.39 is 0 Å². The van der Waals surface area contributed by atoms with Crippen molar-refractivity contribution in [2.24, 2.45) is 0 Å². The quantitative estimate of drug-likeness (QED) is 0.552. The molecule has 1 aromatic heterocycles. The second-order valence-electron chi connectivity index (χ2n) is 7.54. The number of quaternary nitrogens is 1. The Balaban J connectivity index is 1.80. The molecule has 0 spiro atoms. The van der Waals surface area contributed by atoms with Crippen molar-refractivity contribution in [3.8, 4) is 0 Å². The lowest BCUT2D eigenvalue weighted by Crippen LogP contribution is -3.11. The molecule has 2 N–H and O–H groups in total. The smallest absolute Gasteiger partial charge is 0.284 e. The first kappa shape index (κ1) is 21.9. The minimum absolute atomic E-state index is 0.0348. The number of amides is 2. The molecule has 3 rings (SSSR count). The third-order valence-corrected chi connectivity index (χ3v) is 5.86. The van der Waals surface area contributed by atoms with Crippen molar-refractivity contribution in [1.82, 2.24) is 10.3 Å². The monoisotopic (exact) mass is 425 g/mol. The van der Waals surface area contributed by atoms with Gasteiger partial charge in [-0.3, -0.25) is 14.5 Å². The molecule has 0 aliphatic rings. The number of benzene rings is 2. The minimum Gasteiger partial charge on any atom is -0.351 e. The molecule has 0 saturated carbocycles. The topological polar surface area (TPSA) is 66.7 Å². The van der Waals surface area contributed by atoms with Gasteiger partial charge in [-0.05, 0) is 30.5 Å². The Kier molecular flexibility index (Phi) is 7.54. The Morgan fingerprint density at radius 3 is 2.57 bits per heavy atom. The van der Waals surface area contributed by atoms with E-state index in [0.29, 0.717) is 18.2 Å². The minimum atomic E-state index is -0.0450. The number of anilines is 1. The molecule has 30 heavy (non-hydrogen) atoms. The van der Waals surface area contributed by atoms with Gasteiger partial charge in [-0.2, -0.15) is 0 Å². The van der Waals surface area contributed by atoms with Gasteiger partial charge in [-0.1, -0.05) is 60.7 Å². The normalized spacial score (nSPS) is 12.0. The van der Waals surface area contributed by atoms with Crippen LogP contribution in [-0.4, -0.2) is 43.5 Å². The molecule has 0 bridgehead atoms. The predicted molar refractivity (Wildman–Crippen MR) is 122 cm³/mol. The lowest BCUT2D eigenvalue weighted by atomic mass is 10.2. The Labute approximate surface area is 181 Å². The van der Waals surface area contributed by atoms with Crippen LogP contribution >= 0.6 is 11.3 Å². The van der Waals surface area contributed by atoms with Crippen molar-refractivity contribution >= 4 is 38.5 Å². The third-order valence-electron chi connectivity index (χ3n) is 4.81. The molecule has 158 valence electrons. The number of hydrogen-bond acceptors (Lipinski definition) is 4. The fraction of sp³-hybridized carbons (Fsp3) is 0.348. The summed E-state index contributed by atoms with van der Waals surface area (Å²) in [6.07, 6.45) is 0.894. The molecule has 3 aromatic rings. The molecule has 1 atom stereocenters. The van der Waals surface area contributed by atoms with E-state index in [9.17, 15) is 9.59 Å². The zero-order valence-corrected chi connectivity index (χ0v) is 18.6. The van der Waals surface area contributed by atoms with Gasteiger partial charge in [0, 0.05) is 6.54 Å². The molecule has 0 saturated heterocycles. The van der Waals surface area contributed by atoms with Gasteiger partial charge in [0.1, 0.15) is 0 Å². The highest BCUT2D eigenvalue weighted by atomic mass is 32.1. The van der Waals surface area contributed by atoms with Crippen LogP contribution in [0.1, 0.15) is 24.5 Å². The number of carbonyl (C=O) groups is 2. The number of aryl methyl sites for hydroxylation is 1. The number of thiazole rings is 1. The Bertz CT molecular complexity index is 1000. The van der Waals surface area contributed by atoms with Crippen molar-refractivity contribution in [2.75, 3.05) is 31.6 Å². The van der Waals surface area contributed by atoms with Crippen LogP contribution in [0.5, 0.6) is 0 Å². The van der Waals surface area contributed by atoms with Crippen LogP contribution < -0.4 is 15.1 Å². The number of likely N-dealkylation sites (N-methyl/N-ethyl adjacent to an activating group) is 1. The standard InChI is InChI=1S/C23H28N4O2S/c1-4-13-24-20(28)15-26(3)16-21(29)27(14-18-10-6-5-7-11-18)23-25-22-17(2)9-8-12-19(22)30-23/h5-12H,4,13-16H2,1-3H3,(H,24,28)/p+1. The number of nitrogens with zero attached hydrogens (tertiary/aromatic N) is 2. The molecule has 2 amide bonds. The SMILES string of the molecule is CCCNC(=O)C[NH+](C)CC(=O)N(Cc1ccccc1)c1nc2c(C)cccc2s1. The maximum Gasteiger partial charge on any atom is 0.284 e. The Morgan fingerprint density at radius 2 is 1.87 bits per heavy atom. The maximum atomic E-state index is 13.3. The van der Waals surface area contributed by atoms with Crippen LogP contribution in [0.15, 0.2) is 48.5 Å². The molecule has 7 heteroatoms. The zero-order chi connectivity index (χ0) is 21.5. The van der Waals surface area contributed by atoms with Crippen molar-refractivity contribution < 1.29 is 14.5 Å². The lowest BCUT2D eigenvalue weighted by Gasteiger charge is -2.22. The molecule has 0 fully saturated rings. The van der Waals surface area contributed by atoms with Gasteiger partial charge in [0.05, 0.1) is 23.8 Å². The summed E-state index contributed by atoms with van der Waals surface area (Å²) < 4.78 is 1.07. The van der Waals surface area contributed by atoms with E-state index in [1.807, 2.05) is 69.4 Å². The molecule has 2 aromatic carbocycles. The average molecular weight is 426 g/mol. The van der Waals surface area contributed by atoms with Crippen LogP contribution in [0.2, 0.25) is 0 Å². The first-order chi connectivity index (χ1) is 14.5. The van der Waals surface area contributed by atoms with Crippen molar-refractivity contribution in [1.29, 1.82) is 0 Å². The molecule has 0 aliphatic carbocycles.